The van der Waals surface area contributed by atoms with E-state index in [1.54, 1.807) is 5.57 Å². The standard InChI is InChI=1S/C31H54O3/c1-29(2,33)19-7-11-24(12-8-20-30(3,4)34)27-17-18-28-25(13-9-21-31(27,28)5)16-15-23-10-6-14-26(32)22-23/h15-16,24,26-28,32-34H,6-14,17-22H2,1-5H3/b23-15-,25-16+/t26-,27?,28?,31+/m0/s1. The highest BCUT2D eigenvalue weighted by Crippen LogP contribution is 2.60. The van der Waals surface area contributed by atoms with Crippen LogP contribution in [-0.2, 0) is 0 Å². The Bertz CT molecular complexity index is 687. The van der Waals surface area contributed by atoms with Crippen molar-refractivity contribution in [3.8, 4) is 0 Å². The average Bonchev–Trinajstić information content (AvgIpc) is 3.07. The number of hydrogen-bond acceptors (Lipinski definition) is 3. The molecule has 0 bridgehead atoms. The van der Waals surface area contributed by atoms with Gasteiger partial charge in [0.15, 0.2) is 0 Å². The van der Waals surface area contributed by atoms with E-state index in [1.165, 1.54) is 50.5 Å². The Kier molecular flexibility index (Phi) is 9.54. The molecule has 3 nitrogen and oxygen atoms in total. The maximum Gasteiger partial charge on any atom is 0.0591 e. The second-order valence-corrected chi connectivity index (χ2v) is 13.6. The summed E-state index contributed by atoms with van der Waals surface area (Å²) in [4.78, 5) is 0. The number of aliphatic hydroxyl groups excluding tert-OH is 1. The molecule has 0 aromatic carbocycles. The Balaban J connectivity index is 1.72. The van der Waals surface area contributed by atoms with Crippen molar-refractivity contribution < 1.29 is 15.3 Å². The normalized spacial score (nSPS) is 33.1. The summed E-state index contributed by atoms with van der Waals surface area (Å²) in [5, 5.41) is 30.6. The monoisotopic (exact) mass is 474 g/mol. The molecule has 196 valence electrons. The first-order valence-corrected chi connectivity index (χ1v) is 14.4. The van der Waals surface area contributed by atoms with Crippen molar-refractivity contribution in [3.63, 3.8) is 0 Å². The molecule has 0 amide bonds. The Morgan fingerprint density at radius 1 is 0.912 bits per heavy atom. The predicted molar refractivity (Wildman–Crippen MR) is 143 cm³/mol. The maximum absolute atomic E-state index is 10.3. The van der Waals surface area contributed by atoms with E-state index in [-0.39, 0.29) is 6.10 Å². The van der Waals surface area contributed by atoms with E-state index in [9.17, 15) is 15.3 Å². The SMILES string of the molecule is CC(C)(O)CCCC(CCCC(C)(C)O)C1CCC2/C(=C/C=C3/CCC[C@H](O)C3)CCC[C@@]21C. The first kappa shape index (κ1) is 27.9. The minimum Gasteiger partial charge on any atom is -0.393 e. The van der Waals surface area contributed by atoms with Gasteiger partial charge in [0.05, 0.1) is 17.3 Å². The van der Waals surface area contributed by atoms with Gasteiger partial charge in [0, 0.05) is 0 Å². The van der Waals surface area contributed by atoms with Crippen LogP contribution in [0.1, 0.15) is 131 Å². The van der Waals surface area contributed by atoms with Gasteiger partial charge in [0.25, 0.3) is 0 Å². The average molecular weight is 475 g/mol. The van der Waals surface area contributed by atoms with Gasteiger partial charge in [0.1, 0.15) is 0 Å². The van der Waals surface area contributed by atoms with Gasteiger partial charge in [-0.15, -0.1) is 0 Å². The predicted octanol–water partition coefficient (Wildman–Crippen LogP) is 7.49. The Morgan fingerprint density at radius 3 is 2.15 bits per heavy atom. The highest BCUT2D eigenvalue weighted by atomic mass is 16.3. The minimum atomic E-state index is -0.583. The number of aliphatic hydroxyl groups is 3. The molecule has 3 aliphatic carbocycles. The highest BCUT2D eigenvalue weighted by Gasteiger charge is 2.51. The van der Waals surface area contributed by atoms with Crippen LogP contribution in [0.25, 0.3) is 0 Å². The van der Waals surface area contributed by atoms with Crippen LogP contribution in [0.3, 0.4) is 0 Å². The summed E-state index contributed by atoms with van der Waals surface area (Å²) >= 11 is 0. The molecule has 0 aliphatic heterocycles. The number of fused-ring (bicyclic) bond motifs is 1. The van der Waals surface area contributed by atoms with Crippen LogP contribution in [0.15, 0.2) is 23.3 Å². The van der Waals surface area contributed by atoms with Gasteiger partial charge in [-0.1, -0.05) is 55.9 Å². The third kappa shape index (κ3) is 7.93. The van der Waals surface area contributed by atoms with Crippen LogP contribution in [-0.4, -0.2) is 32.6 Å². The molecule has 3 aliphatic rings. The molecule has 2 unspecified atom stereocenters. The molecule has 3 saturated carbocycles. The van der Waals surface area contributed by atoms with Crippen molar-refractivity contribution >= 4 is 0 Å². The minimum absolute atomic E-state index is 0.139. The van der Waals surface area contributed by atoms with Gasteiger partial charge >= 0.3 is 0 Å². The van der Waals surface area contributed by atoms with Crippen LogP contribution >= 0.6 is 0 Å². The number of allylic oxidation sites excluding steroid dienone is 3. The van der Waals surface area contributed by atoms with Gasteiger partial charge in [-0.25, -0.2) is 0 Å². The molecule has 0 heterocycles. The lowest BCUT2D eigenvalue weighted by Gasteiger charge is -2.45. The van der Waals surface area contributed by atoms with Crippen molar-refractivity contribution in [1.29, 1.82) is 0 Å². The highest BCUT2D eigenvalue weighted by molar-refractivity contribution is 5.26. The van der Waals surface area contributed by atoms with E-state index in [1.807, 2.05) is 27.7 Å². The van der Waals surface area contributed by atoms with Crippen LogP contribution in [0.4, 0.5) is 0 Å². The smallest absolute Gasteiger partial charge is 0.0591 e. The summed E-state index contributed by atoms with van der Waals surface area (Å²) < 4.78 is 0. The second kappa shape index (κ2) is 11.6. The molecule has 0 saturated heterocycles. The third-order valence-corrected chi connectivity index (χ3v) is 9.40. The molecular formula is C31H54O3. The Morgan fingerprint density at radius 2 is 1.56 bits per heavy atom. The Labute approximate surface area is 210 Å². The molecule has 0 spiro atoms. The molecule has 3 heteroatoms. The molecule has 0 aromatic rings. The van der Waals surface area contributed by atoms with Crippen LogP contribution in [0.5, 0.6) is 0 Å². The van der Waals surface area contributed by atoms with Crippen LogP contribution < -0.4 is 0 Å². The molecular weight excluding hydrogens is 420 g/mol. The fraction of sp³-hybridized carbons (Fsp3) is 0.871. The second-order valence-electron chi connectivity index (χ2n) is 13.6. The van der Waals surface area contributed by atoms with E-state index < -0.39 is 11.2 Å². The first-order valence-electron chi connectivity index (χ1n) is 14.4. The zero-order chi connectivity index (χ0) is 25.0. The first-order chi connectivity index (χ1) is 15.9. The van der Waals surface area contributed by atoms with Gasteiger partial charge in [0.2, 0.25) is 0 Å². The fourth-order valence-corrected chi connectivity index (χ4v) is 7.64. The van der Waals surface area contributed by atoms with Crippen LogP contribution in [0, 0.1) is 23.2 Å². The maximum atomic E-state index is 10.3. The topological polar surface area (TPSA) is 60.7 Å². The van der Waals surface area contributed by atoms with Crippen molar-refractivity contribution in [2.45, 2.75) is 148 Å². The Hall–Kier alpha value is -0.640. The van der Waals surface area contributed by atoms with Crippen molar-refractivity contribution in [2.24, 2.45) is 23.2 Å². The summed E-state index contributed by atoms with van der Waals surface area (Å²) in [5.74, 6) is 2.13. The summed E-state index contributed by atoms with van der Waals surface area (Å²) in [5.41, 5.74) is 2.31. The van der Waals surface area contributed by atoms with Gasteiger partial charge in [-0.3, -0.25) is 0 Å². The number of rotatable bonds is 10. The van der Waals surface area contributed by atoms with Crippen molar-refractivity contribution in [3.05, 3.63) is 23.3 Å². The van der Waals surface area contributed by atoms with Crippen LogP contribution in [0.2, 0.25) is 0 Å². The van der Waals surface area contributed by atoms with Crippen molar-refractivity contribution in [2.75, 3.05) is 0 Å². The molecule has 4 atom stereocenters. The molecule has 0 aromatic heterocycles. The molecule has 0 radical (unpaired) electrons. The lowest BCUT2D eigenvalue weighted by molar-refractivity contribution is 0.0480. The zero-order valence-electron chi connectivity index (χ0n) is 22.9. The summed E-state index contributed by atoms with van der Waals surface area (Å²) in [7, 11) is 0. The van der Waals surface area contributed by atoms with E-state index >= 15 is 0 Å². The number of hydrogen-bond donors (Lipinski definition) is 3. The molecule has 34 heavy (non-hydrogen) atoms. The van der Waals surface area contributed by atoms with E-state index in [4.69, 9.17) is 0 Å². The van der Waals surface area contributed by atoms with Crippen molar-refractivity contribution in [1.82, 2.24) is 0 Å². The van der Waals surface area contributed by atoms with Gasteiger partial charge < -0.3 is 15.3 Å². The van der Waals surface area contributed by atoms with E-state index in [2.05, 4.69) is 19.1 Å². The summed E-state index contributed by atoms with van der Waals surface area (Å²) in [6.07, 6.45) is 21.6. The fourth-order valence-electron chi connectivity index (χ4n) is 7.64. The van der Waals surface area contributed by atoms with E-state index in [0.29, 0.717) is 17.3 Å². The molecule has 3 rings (SSSR count). The van der Waals surface area contributed by atoms with Gasteiger partial charge in [-0.05, 0) is 121 Å². The summed E-state index contributed by atoms with van der Waals surface area (Å²) in [6.45, 7) is 10.3. The molecule has 3 N–H and O–H groups in total. The van der Waals surface area contributed by atoms with E-state index in [0.717, 1.165) is 57.3 Å². The summed E-state index contributed by atoms with van der Waals surface area (Å²) in [6, 6.07) is 0. The zero-order valence-corrected chi connectivity index (χ0v) is 22.9. The lowest BCUT2D eigenvalue weighted by Crippen LogP contribution is -2.37. The largest absolute Gasteiger partial charge is 0.393 e. The quantitative estimate of drug-likeness (QED) is 0.307. The van der Waals surface area contributed by atoms with Gasteiger partial charge in [-0.2, -0.15) is 0 Å². The molecule has 3 fully saturated rings. The lowest BCUT2D eigenvalue weighted by atomic mass is 9.60. The third-order valence-electron chi connectivity index (χ3n) is 9.40.